The minimum absolute atomic E-state index is 0.169. The summed E-state index contributed by atoms with van der Waals surface area (Å²) in [4.78, 5) is 26.7. The van der Waals surface area contributed by atoms with Crippen LogP contribution in [-0.2, 0) is 4.79 Å². The number of ether oxygens (including phenoxy) is 1. The minimum Gasteiger partial charge on any atom is -0.423 e. The molecule has 4 rings (SSSR count). The molecule has 0 aliphatic carbocycles. The maximum Gasteiger partial charge on any atom is 0.316 e. The monoisotopic (exact) mass is 411 g/mol. The van der Waals surface area contributed by atoms with Crippen LogP contribution in [0.2, 0.25) is 0 Å². The van der Waals surface area contributed by atoms with E-state index in [0.29, 0.717) is 28.1 Å². The molecule has 156 valence electrons. The van der Waals surface area contributed by atoms with Crippen molar-refractivity contribution in [3.8, 4) is 17.0 Å². The molecule has 4 heteroatoms. The van der Waals surface area contributed by atoms with Crippen LogP contribution in [0.1, 0.15) is 42.3 Å². The molecule has 0 bridgehead atoms. The summed E-state index contributed by atoms with van der Waals surface area (Å²) in [7, 11) is 0. The van der Waals surface area contributed by atoms with E-state index in [0.717, 1.165) is 11.1 Å². The standard InChI is InChI=1S/C27H25NO3/c1-18-12-8-9-15-20(18)24(29)22-23(19-13-6-5-7-14-19)28-17-11-10-16-21(28)25(22)31-26(30)27(2,3)4/h5-17H,1-4H3. The predicted molar refractivity (Wildman–Crippen MR) is 123 cm³/mol. The molecule has 0 unspecified atom stereocenters. The van der Waals surface area contributed by atoms with E-state index in [9.17, 15) is 9.59 Å². The third-order valence-electron chi connectivity index (χ3n) is 5.27. The molecule has 0 amide bonds. The van der Waals surface area contributed by atoms with Crippen LogP contribution < -0.4 is 4.74 Å². The number of aryl methyl sites for hydroxylation is 1. The van der Waals surface area contributed by atoms with Gasteiger partial charge in [-0.25, -0.2) is 0 Å². The first-order valence-electron chi connectivity index (χ1n) is 10.3. The highest BCUT2D eigenvalue weighted by molar-refractivity contribution is 6.17. The fraction of sp³-hybridized carbons (Fsp3) is 0.185. The van der Waals surface area contributed by atoms with Crippen LogP contribution in [0.25, 0.3) is 16.8 Å². The van der Waals surface area contributed by atoms with E-state index < -0.39 is 5.41 Å². The molecule has 2 aromatic carbocycles. The number of nitrogens with zero attached hydrogens (tertiary/aromatic N) is 1. The van der Waals surface area contributed by atoms with Crippen LogP contribution in [0.3, 0.4) is 0 Å². The summed E-state index contributed by atoms with van der Waals surface area (Å²) in [5.41, 5.74) is 3.40. The number of carbonyl (C=O) groups is 2. The summed E-state index contributed by atoms with van der Waals surface area (Å²) >= 11 is 0. The molecule has 0 radical (unpaired) electrons. The quantitative estimate of drug-likeness (QED) is 0.301. The van der Waals surface area contributed by atoms with Crippen molar-refractivity contribution in [2.75, 3.05) is 0 Å². The van der Waals surface area contributed by atoms with Crippen molar-refractivity contribution in [1.29, 1.82) is 0 Å². The van der Waals surface area contributed by atoms with Crippen molar-refractivity contribution >= 4 is 17.3 Å². The molecule has 0 aliphatic heterocycles. The smallest absolute Gasteiger partial charge is 0.316 e. The summed E-state index contributed by atoms with van der Waals surface area (Å²) in [5.74, 6) is -0.257. The number of aromatic nitrogens is 1. The number of hydrogen-bond donors (Lipinski definition) is 0. The lowest BCUT2D eigenvalue weighted by Gasteiger charge is -2.17. The van der Waals surface area contributed by atoms with E-state index in [1.165, 1.54) is 0 Å². The number of hydrogen-bond acceptors (Lipinski definition) is 3. The fourth-order valence-electron chi connectivity index (χ4n) is 3.58. The average molecular weight is 412 g/mol. The third-order valence-corrected chi connectivity index (χ3v) is 5.27. The SMILES string of the molecule is Cc1ccccc1C(=O)c1c(OC(=O)C(C)(C)C)c2ccccn2c1-c1ccccc1. The number of benzene rings is 2. The zero-order chi connectivity index (χ0) is 22.2. The molecule has 0 fully saturated rings. The molecule has 0 atom stereocenters. The van der Waals surface area contributed by atoms with Gasteiger partial charge >= 0.3 is 5.97 Å². The van der Waals surface area contributed by atoms with E-state index in [4.69, 9.17) is 4.74 Å². The molecule has 0 saturated carbocycles. The zero-order valence-electron chi connectivity index (χ0n) is 18.2. The van der Waals surface area contributed by atoms with Crippen molar-refractivity contribution in [2.45, 2.75) is 27.7 Å². The molecule has 2 aromatic heterocycles. The summed E-state index contributed by atoms with van der Waals surface area (Å²) in [6.07, 6.45) is 1.89. The van der Waals surface area contributed by atoms with E-state index in [1.807, 2.05) is 90.3 Å². The highest BCUT2D eigenvalue weighted by atomic mass is 16.5. The number of esters is 1. The van der Waals surface area contributed by atoms with Crippen molar-refractivity contribution in [2.24, 2.45) is 5.41 Å². The van der Waals surface area contributed by atoms with Gasteiger partial charge in [-0.15, -0.1) is 0 Å². The summed E-state index contributed by atoms with van der Waals surface area (Å²) in [5, 5.41) is 0. The normalized spacial score (nSPS) is 11.5. The molecular weight excluding hydrogens is 386 g/mol. The van der Waals surface area contributed by atoms with Crippen LogP contribution in [0.15, 0.2) is 79.0 Å². The minimum atomic E-state index is -0.709. The Bertz CT molecular complexity index is 1280. The maximum absolute atomic E-state index is 13.9. The molecule has 0 spiro atoms. The fourth-order valence-corrected chi connectivity index (χ4v) is 3.58. The average Bonchev–Trinajstić information content (AvgIpc) is 3.08. The van der Waals surface area contributed by atoms with Gasteiger partial charge in [-0.05, 0) is 51.0 Å². The van der Waals surface area contributed by atoms with Gasteiger partial charge in [-0.2, -0.15) is 0 Å². The Hall–Kier alpha value is -3.66. The van der Waals surface area contributed by atoms with Gasteiger partial charge in [0, 0.05) is 11.8 Å². The Morgan fingerprint density at radius 2 is 1.48 bits per heavy atom. The van der Waals surface area contributed by atoms with Crippen molar-refractivity contribution in [1.82, 2.24) is 4.40 Å². The van der Waals surface area contributed by atoms with Gasteiger partial charge in [0.15, 0.2) is 11.5 Å². The van der Waals surface area contributed by atoms with Gasteiger partial charge in [0.05, 0.1) is 22.2 Å². The molecule has 0 N–H and O–H groups in total. The van der Waals surface area contributed by atoms with E-state index in [1.54, 1.807) is 20.8 Å². The lowest BCUT2D eigenvalue weighted by atomic mass is 9.95. The Kier molecular flexibility index (Phi) is 5.24. The number of carbonyl (C=O) groups excluding carboxylic acids is 2. The van der Waals surface area contributed by atoms with E-state index in [2.05, 4.69) is 0 Å². The summed E-state index contributed by atoms with van der Waals surface area (Å²) < 4.78 is 7.85. The summed E-state index contributed by atoms with van der Waals surface area (Å²) in [6.45, 7) is 7.31. The van der Waals surface area contributed by atoms with Crippen LogP contribution in [-0.4, -0.2) is 16.2 Å². The topological polar surface area (TPSA) is 47.8 Å². The molecule has 0 saturated heterocycles. The number of fused-ring (bicyclic) bond motifs is 1. The molecule has 31 heavy (non-hydrogen) atoms. The molecule has 4 aromatic rings. The second-order valence-corrected chi connectivity index (χ2v) is 8.66. The van der Waals surface area contributed by atoms with Gasteiger partial charge < -0.3 is 9.14 Å². The van der Waals surface area contributed by atoms with Crippen LogP contribution in [0, 0.1) is 12.3 Å². The molecule has 4 nitrogen and oxygen atoms in total. The van der Waals surface area contributed by atoms with Gasteiger partial charge in [0.2, 0.25) is 0 Å². The van der Waals surface area contributed by atoms with Crippen LogP contribution >= 0.6 is 0 Å². The number of pyridine rings is 1. The van der Waals surface area contributed by atoms with Gasteiger partial charge in [0.1, 0.15) is 0 Å². The molecule has 0 aliphatic rings. The zero-order valence-corrected chi connectivity index (χ0v) is 18.2. The van der Waals surface area contributed by atoms with Gasteiger partial charge in [-0.3, -0.25) is 9.59 Å². The van der Waals surface area contributed by atoms with Gasteiger partial charge in [-0.1, -0.05) is 60.7 Å². The lowest BCUT2D eigenvalue weighted by Crippen LogP contribution is -2.26. The first kappa shape index (κ1) is 20.6. The van der Waals surface area contributed by atoms with E-state index in [-0.39, 0.29) is 11.8 Å². The highest BCUT2D eigenvalue weighted by Gasteiger charge is 2.32. The Morgan fingerprint density at radius 1 is 0.839 bits per heavy atom. The first-order valence-corrected chi connectivity index (χ1v) is 10.3. The van der Waals surface area contributed by atoms with Crippen molar-refractivity contribution < 1.29 is 14.3 Å². The first-order chi connectivity index (χ1) is 14.8. The number of ketones is 1. The van der Waals surface area contributed by atoms with Gasteiger partial charge in [0.25, 0.3) is 0 Å². The Balaban J connectivity index is 2.06. The van der Waals surface area contributed by atoms with Crippen LogP contribution in [0.5, 0.6) is 5.75 Å². The second-order valence-electron chi connectivity index (χ2n) is 8.66. The summed E-state index contributed by atoms with van der Waals surface area (Å²) in [6, 6.07) is 22.8. The maximum atomic E-state index is 13.9. The molecular formula is C27H25NO3. The largest absolute Gasteiger partial charge is 0.423 e. The Labute approximate surface area is 182 Å². The predicted octanol–water partition coefficient (Wildman–Crippen LogP) is 6.10. The van der Waals surface area contributed by atoms with E-state index >= 15 is 0 Å². The number of rotatable bonds is 4. The Morgan fingerprint density at radius 3 is 2.16 bits per heavy atom. The second kappa shape index (κ2) is 7.88. The lowest BCUT2D eigenvalue weighted by molar-refractivity contribution is -0.142. The molecule has 2 heterocycles. The van der Waals surface area contributed by atoms with Crippen LogP contribution in [0.4, 0.5) is 0 Å². The van der Waals surface area contributed by atoms with Crippen molar-refractivity contribution in [3.63, 3.8) is 0 Å². The third kappa shape index (κ3) is 3.77. The highest BCUT2D eigenvalue weighted by Crippen LogP contribution is 2.40. The van der Waals surface area contributed by atoms with Crippen molar-refractivity contribution in [3.05, 3.63) is 95.7 Å².